The Labute approximate surface area is 129 Å². The van der Waals surface area contributed by atoms with E-state index in [4.69, 9.17) is 39.5 Å². The molecule has 0 atom stereocenters. The Morgan fingerprint density at radius 2 is 1.80 bits per heavy atom. The molecule has 0 amide bonds. The van der Waals surface area contributed by atoms with Crippen molar-refractivity contribution in [1.29, 1.82) is 0 Å². The summed E-state index contributed by atoms with van der Waals surface area (Å²) < 4.78 is 4.97. The van der Waals surface area contributed by atoms with Crippen molar-refractivity contribution in [2.75, 3.05) is 7.11 Å². The molecule has 0 radical (unpaired) electrons. The second kappa shape index (κ2) is 5.83. The third-order valence-corrected chi connectivity index (χ3v) is 3.65. The number of halogens is 3. The Hall–Kier alpha value is -1.56. The standard InChI is InChI=1S/C12H7Cl3N2O3/c1-20-9-5-4-8(17(18)19)12(16-9)10-6(13)2-3-7(14)11(10)15/h2-5H,1H3. The van der Waals surface area contributed by atoms with E-state index in [0.717, 1.165) is 0 Å². The van der Waals surface area contributed by atoms with E-state index in [1.807, 2.05) is 0 Å². The average Bonchev–Trinajstić information content (AvgIpc) is 2.43. The zero-order valence-corrected chi connectivity index (χ0v) is 12.3. The molecule has 0 fully saturated rings. The molecule has 5 nitrogen and oxygen atoms in total. The van der Waals surface area contributed by atoms with Crippen molar-refractivity contribution in [3.8, 4) is 17.1 Å². The molecule has 0 aliphatic rings. The molecule has 0 unspecified atom stereocenters. The van der Waals surface area contributed by atoms with E-state index >= 15 is 0 Å². The van der Waals surface area contributed by atoms with Crippen molar-refractivity contribution in [2.45, 2.75) is 0 Å². The normalized spacial score (nSPS) is 10.4. The topological polar surface area (TPSA) is 65.3 Å². The summed E-state index contributed by atoms with van der Waals surface area (Å²) in [6.07, 6.45) is 0. The van der Waals surface area contributed by atoms with Crippen LogP contribution < -0.4 is 4.74 Å². The van der Waals surface area contributed by atoms with Crippen molar-refractivity contribution >= 4 is 40.5 Å². The highest BCUT2D eigenvalue weighted by atomic mass is 35.5. The van der Waals surface area contributed by atoms with E-state index < -0.39 is 4.92 Å². The van der Waals surface area contributed by atoms with Crippen LogP contribution in [0, 0.1) is 10.1 Å². The van der Waals surface area contributed by atoms with Crippen molar-refractivity contribution in [3.05, 3.63) is 49.4 Å². The van der Waals surface area contributed by atoms with E-state index in [9.17, 15) is 10.1 Å². The first-order valence-electron chi connectivity index (χ1n) is 5.29. The van der Waals surface area contributed by atoms with Gasteiger partial charge in [-0.25, -0.2) is 4.98 Å². The Morgan fingerprint density at radius 1 is 1.15 bits per heavy atom. The number of ether oxygens (including phenoxy) is 1. The SMILES string of the molecule is COc1ccc([N+](=O)[O-])c(-c2c(Cl)ccc(Cl)c2Cl)n1. The molecule has 1 aromatic carbocycles. The van der Waals surface area contributed by atoms with Crippen LogP contribution in [0.3, 0.4) is 0 Å². The quantitative estimate of drug-likeness (QED) is 0.467. The number of nitrogens with zero attached hydrogens (tertiary/aromatic N) is 2. The monoisotopic (exact) mass is 332 g/mol. The van der Waals surface area contributed by atoms with Gasteiger partial charge in [0.1, 0.15) is 0 Å². The molecule has 0 aliphatic carbocycles. The summed E-state index contributed by atoms with van der Waals surface area (Å²) in [5.41, 5.74) is -0.0323. The molecule has 0 bridgehead atoms. The Balaban J connectivity index is 2.80. The second-order valence-corrected chi connectivity index (χ2v) is 4.89. The molecule has 2 aromatic rings. The molecule has 0 saturated heterocycles. The maximum atomic E-state index is 11.1. The number of pyridine rings is 1. The molecular formula is C12H7Cl3N2O3. The molecule has 8 heteroatoms. The summed E-state index contributed by atoms with van der Waals surface area (Å²) in [4.78, 5) is 14.6. The zero-order chi connectivity index (χ0) is 14.9. The lowest BCUT2D eigenvalue weighted by Crippen LogP contribution is -1.98. The molecule has 0 saturated carbocycles. The first-order valence-corrected chi connectivity index (χ1v) is 6.42. The van der Waals surface area contributed by atoms with Crippen molar-refractivity contribution < 1.29 is 9.66 Å². The summed E-state index contributed by atoms with van der Waals surface area (Å²) in [6.45, 7) is 0. The second-order valence-electron chi connectivity index (χ2n) is 3.70. The van der Waals surface area contributed by atoms with Gasteiger partial charge in [-0.3, -0.25) is 10.1 Å². The molecule has 0 spiro atoms. The van der Waals surface area contributed by atoms with Crippen LogP contribution in [0.5, 0.6) is 5.88 Å². The molecular weight excluding hydrogens is 327 g/mol. The van der Waals surface area contributed by atoms with Crippen LogP contribution in [-0.4, -0.2) is 17.0 Å². The lowest BCUT2D eigenvalue weighted by atomic mass is 10.1. The van der Waals surface area contributed by atoms with Gasteiger partial charge in [-0.1, -0.05) is 34.8 Å². The highest BCUT2D eigenvalue weighted by Crippen LogP contribution is 2.42. The summed E-state index contributed by atoms with van der Waals surface area (Å²) in [6, 6.07) is 5.65. The number of benzene rings is 1. The minimum atomic E-state index is -0.574. The van der Waals surface area contributed by atoms with Gasteiger partial charge in [0.2, 0.25) is 5.88 Å². The largest absolute Gasteiger partial charge is 0.481 e. The van der Waals surface area contributed by atoms with Crippen LogP contribution in [-0.2, 0) is 0 Å². The molecule has 20 heavy (non-hydrogen) atoms. The molecule has 104 valence electrons. The van der Waals surface area contributed by atoms with E-state index in [0.29, 0.717) is 0 Å². The van der Waals surface area contributed by atoms with Gasteiger partial charge in [0.15, 0.2) is 5.69 Å². The van der Waals surface area contributed by atoms with E-state index in [-0.39, 0.29) is 37.9 Å². The number of aromatic nitrogens is 1. The molecule has 0 N–H and O–H groups in total. The van der Waals surface area contributed by atoms with Gasteiger partial charge in [-0.05, 0) is 12.1 Å². The van der Waals surface area contributed by atoms with Crippen LogP contribution in [0.2, 0.25) is 15.1 Å². The van der Waals surface area contributed by atoms with Gasteiger partial charge in [0, 0.05) is 17.7 Å². The lowest BCUT2D eigenvalue weighted by Gasteiger charge is -2.09. The third-order valence-electron chi connectivity index (χ3n) is 2.54. The summed E-state index contributed by atoms with van der Waals surface area (Å²) >= 11 is 18.1. The fourth-order valence-electron chi connectivity index (χ4n) is 1.62. The van der Waals surface area contributed by atoms with E-state index in [2.05, 4.69) is 4.98 Å². The van der Waals surface area contributed by atoms with Crippen LogP contribution in [0.4, 0.5) is 5.69 Å². The van der Waals surface area contributed by atoms with Gasteiger partial charge in [0.25, 0.3) is 5.69 Å². The Kier molecular flexibility index (Phi) is 4.32. The molecule has 1 heterocycles. The highest BCUT2D eigenvalue weighted by Gasteiger charge is 2.23. The summed E-state index contributed by atoms with van der Waals surface area (Å²) in [7, 11) is 1.40. The minimum absolute atomic E-state index is 0.00634. The maximum Gasteiger partial charge on any atom is 0.295 e. The molecule has 1 aromatic heterocycles. The number of hydrogen-bond acceptors (Lipinski definition) is 4. The summed E-state index contributed by atoms with van der Waals surface area (Å²) in [5, 5.41) is 11.6. The van der Waals surface area contributed by atoms with Crippen molar-refractivity contribution in [3.63, 3.8) is 0 Å². The van der Waals surface area contributed by atoms with Gasteiger partial charge in [0.05, 0.1) is 27.1 Å². The maximum absolute atomic E-state index is 11.1. The highest BCUT2D eigenvalue weighted by molar-refractivity contribution is 6.46. The number of hydrogen-bond donors (Lipinski definition) is 0. The molecule has 2 rings (SSSR count). The average molecular weight is 334 g/mol. The Bertz CT molecular complexity index is 692. The predicted molar refractivity (Wildman–Crippen MR) is 77.9 cm³/mol. The Morgan fingerprint density at radius 3 is 2.40 bits per heavy atom. The lowest BCUT2D eigenvalue weighted by molar-refractivity contribution is -0.384. The summed E-state index contributed by atoms with van der Waals surface area (Å²) in [5.74, 6) is 0.206. The smallest absolute Gasteiger partial charge is 0.295 e. The van der Waals surface area contributed by atoms with Gasteiger partial charge in [-0.2, -0.15) is 0 Å². The number of nitro groups is 1. The number of rotatable bonds is 3. The van der Waals surface area contributed by atoms with Gasteiger partial charge < -0.3 is 4.74 Å². The fourth-order valence-corrected chi connectivity index (χ4v) is 2.33. The van der Waals surface area contributed by atoms with Crippen LogP contribution in [0.25, 0.3) is 11.3 Å². The minimum Gasteiger partial charge on any atom is -0.481 e. The van der Waals surface area contributed by atoms with Crippen molar-refractivity contribution in [1.82, 2.24) is 4.98 Å². The first kappa shape index (κ1) is 14.8. The third kappa shape index (κ3) is 2.65. The predicted octanol–water partition coefficient (Wildman–Crippen LogP) is 4.63. The van der Waals surface area contributed by atoms with Crippen LogP contribution in [0.1, 0.15) is 0 Å². The fraction of sp³-hybridized carbons (Fsp3) is 0.0833. The number of methoxy groups -OCH3 is 1. The van der Waals surface area contributed by atoms with E-state index in [1.54, 1.807) is 0 Å². The zero-order valence-electron chi connectivity index (χ0n) is 10.1. The van der Waals surface area contributed by atoms with Gasteiger partial charge in [-0.15, -0.1) is 0 Å². The van der Waals surface area contributed by atoms with Crippen molar-refractivity contribution in [2.24, 2.45) is 0 Å². The molecule has 0 aliphatic heterocycles. The van der Waals surface area contributed by atoms with Crippen LogP contribution >= 0.6 is 34.8 Å². The van der Waals surface area contributed by atoms with Crippen LogP contribution in [0.15, 0.2) is 24.3 Å². The van der Waals surface area contributed by atoms with Gasteiger partial charge >= 0.3 is 0 Å². The first-order chi connectivity index (χ1) is 9.45. The van der Waals surface area contributed by atoms with E-state index in [1.165, 1.54) is 31.4 Å².